The topological polar surface area (TPSA) is 181 Å². The van der Waals surface area contributed by atoms with Gasteiger partial charge in [0, 0.05) is 12.1 Å². The quantitative estimate of drug-likeness (QED) is 0.351. The Bertz CT molecular complexity index is 705. The minimum Gasteiger partial charge on any atom is -0.495 e. The Labute approximate surface area is 117 Å². The van der Waals surface area contributed by atoms with E-state index in [-0.39, 0.29) is 22.9 Å². The smallest absolute Gasteiger partial charge is 0.394 e. The average molecular weight is 320 g/mol. The summed E-state index contributed by atoms with van der Waals surface area (Å²) in [6.07, 6.45) is 0. The molecule has 0 unspecified atom stereocenters. The number of hydrogen-bond donors (Lipinski definition) is 6. The molecule has 2 heterocycles. The van der Waals surface area contributed by atoms with Crippen LogP contribution in [0.25, 0.3) is 0 Å². The van der Waals surface area contributed by atoms with Crippen LogP contribution in [0, 0.1) is 0 Å². The molecule has 0 aromatic carbocycles. The Hall–Kier alpha value is -2.63. The minimum absolute atomic E-state index is 0.0995. The highest BCUT2D eigenvalue weighted by atomic mass is 32.3. The summed E-state index contributed by atoms with van der Waals surface area (Å²) in [6.45, 7) is 0. The van der Waals surface area contributed by atoms with Gasteiger partial charge >= 0.3 is 10.4 Å². The van der Waals surface area contributed by atoms with Crippen LogP contribution in [0.4, 0.5) is 0 Å². The van der Waals surface area contributed by atoms with Gasteiger partial charge in [0.2, 0.25) is 0 Å². The molecule has 11 heteroatoms. The van der Waals surface area contributed by atoms with Crippen molar-refractivity contribution < 1.29 is 27.7 Å². The van der Waals surface area contributed by atoms with Crippen LogP contribution in [0.15, 0.2) is 46.0 Å². The third kappa shape index (κ3) is 13.6. The van der Waals surface area contributed by atoms with Crippen LogP contribution < -0.4 is 11.1 Å². The third-order valence-corrected chi connectivity index (χ3v) is 1.51. The van der Waals surface area contributed by atoms with Gasteiger partial charge in [-0.05, 0) is 12.1 Å². The maximum absolute atomic E-state index is 10.3. The largest absolute Gasteiger partial charge is 0.495 e. The predicted octanol–water partition coefficient (Wildman–Crippen LogP) is -0.492. The Morgan fingerprint density at radius 2 is 1.05 bits per heavy atom. The lowest BCUT2D eigenvalue weighted by atomic mass is 10.5. The second kappa shape index (κ2) is 8.52. The van der Waals surface area contributed by atoms with Crippen molar-refractivity contribution in [2.24, 2.45) is 0 Å². The number of pyridine rings is 2. The normalized spacial score (nSPS) is 9.62. The van der Waals surface area contributed by atoms with Crippen LogP contribution in [-0.2, 0) is 10.4 Å². The van der Waals surface area contributed by atoms with Crippen molar-refractivity contribution in [1.82, 2.24) is 9.97 Å². The van der Waals surface area contributed by atoms with E-state index in [9.17, 15) is 9.59 Å². The number of aromatic nitrogens is 2. The first-order chi connectivity index (χ1) is 9.58. The van der Waals surface area contributed by atoms with E-state index in [0.717, 1.165) is 0 Å². The SMILES string of the molecule is O=S(=O)(O)O.O=c1cccc(O)[nH]1.O=c1cccc(O)[nH]1. The zero-order chi connectivity index (χ0) is 16.5. The number of H-pyrrole nitrogens is 2. The summed E-state index contributed by atoms with van der Waals surface area (Å²) in [4.78, 5) is 24.9. The number of rotatable bonds is 0. The zero-order valence-corrected chi connectivity index (χ0v) is 11.1. The van der Waals surface area contributed by atoms with Crippen molar-refractivity contribution in [2.75, 3.05) is 0 Å². The summed E-state index contributed by atoms with van der Waals surface area (Å²) >= 11 is 0. The fraction of sp³-hybridized carbons (Fsp3) is 0. The van der Waals surface area contributed by atoms with Crippen molar-refractivity contribution in [3.8, 4) is 11.8 Å². The Balaban J connectivity index is 0.000000296. The van der Waals surface area contributed by atoms with Gasteiger partial charge in [0.1, 0.15) is 0 Å². The Morgan fingerprint density at radius 3 is 1.19 bits per heavy atom. The minimum atomic E-state index is -4.67. The lowest BCUT2D eigenvalue weighted by molar-refractivity contribution is 0.381. The van der Waals surface area contributed by atoms with Gasteiger partial charge in [0.15, 0.2) is 11.8 Å². The molecule has 0 aliphatic carbocycles. The molecular weight excluding hydrogens is 308 g/mol. The summed E-state index contributed by atoms with van der Waals surface area (Å²) in [5.74, 6) is -0.199. The number of nitrogens with one attached hydrogen (secondary N) is 2. The Kier molecular flexibility index (Phi) is 7.46. The fourth-order valence-corrected chi connectivity index (χ4v) is 0.872. The van der Waals surface area contributed by atoms with Crippen molar-refractivity contribution in [1.29, 1.82) is 0 Å². The summed E-state index contributed by atoms with van der Waals surface area (Å²) < 4.78 is 31.6. The van der Waals surface area contributed by atoms with Gasteiger partial charge in [0.25, 0.3) is 11.1 Å². The van der Waals surface area contributed by atoms with Gasteiger partial charge < -0.3 is 10.2 Å². The van der Waals surface area contributed by atoms with E-state index < -0.39 is 10.4 Å². The van der Waals surface area contributed by atoms with E-state index >= 15 is 0 Å². The van der Waals surface area contributed by atoms with Gasteiger partial charge in [-0.25, -0.2) is 0 Å². The maximum Gasteiger partial charge on any atom is 0.394 e. The summed E-state index contributed by atoms with van der Waals surface area (Å²) in [5.41, 5.74) is -0.574. The third-order valence-electron chi connectivity index (χ3n) is 1.51. The molecule has 0 fully saturated rings. The molecular formula is C10H12N2O8S. The molecule has 6 N–H and O–H groups in total. The molecule has 10 nitrogen and oxygen atoms in total. The van der Waals surface area contributed by atoms with Gasteiger partial charge in [-0.3, -0.25) is 28.7 Å². The first-order valence-electron chi connectivity index (χ1n) is 5.04. The van der Waals surface area contributed by atoms with Crippen LogP contribution in [-0.4, -0.2) is 37.7 Å². The van der Waals surface area contributed by atoms with E-state index in [1.165, 1.54) is 36.4 Å². The average Bonchev–Trinajstić information content (AvgIpc) is 2.26. The number of aromatic hydroxyl groups is 2. The molecule has 0 aliphatic heterocycles. The molecule has 0 atom stereocenters. The van der Waals surface area contributed by atoms with E-state index in [1.54, 1.807) is 0 Å². The lowest BCUT2D eigenvalue weighted by Gasteiger charge is -1.84. The zero-order valence-electron chi connectivity index (χ0n) is 10.3. The first-order valence-corrected chi connectivity index (χ1v) is 6.44. The summed E-state index contributed by atoms with van der Waals surface area (Å²) in [5, 5.41) is 17.1. The number of hydrogen-bond acceptors (Lipinski definition) is 6. The van der Waals surface area contributed by atoms with Crippen molar-refractivity contribution in [3.05, 3.63) is 57.1 Å². The van der Waals surface area contributed by atoms with Gasteiger partial charge in [0.05, 0.1) is 0 Å². The molecule has 0 amide bonds. The van der Waals surface area contributed by atoms with Gasteiger partial charge in [-0.2, -0.15) is 8.42 Å². The molecule has 0 saturated heterocycles. The van der Waals surface area contributed by atoms with Gasteiger partial charge in [-0.1, -0.05) is 12.1 Å². The van der Waals surface area contributed by atoms with Crippen LogP contribution in [0.2, 0.25) is 0 Å². The lowest BCUT2D eigenvalue weighted by Crippen LogP contribution is -2.00. The first kappa shape index (κ1) is 18.4. The van der Waals surface area contributed by atoms with E-state index in [0.29, 0.717) is 0 Å². The highest BCUT2D eigenvalue weighted by Crippen LogP contribution is 1.94. The highest BCUT2D eigenvalue weighted by Gasteiger charge is 1.85. The molecule has 0 bridgehead atoms. The monoisotopic (exact) mass is 320 g/mol. The van der Waals surface area contributed by atoms with E-state index in [4.69, 9.17) is 27.7 Å². The predicted molar refractivity (Wildman–Crippen MR) is 71.6 cm³/mol. The van der Waals surface area contributed by atoms with Crippen LogP contribution in [0.5, 0.6) is 11.8 Å². The second-order valence-corrected chi connectivity index (χ2v) is 4.14. The summed E-state index contributed by atoms with van der Waals surface area (Å²) in [7, 11) is -4.67. The van der Waals surface area contributed by atoms with Crippen LogP contribution in [0.3, 0.4) is 0 Å². The maximum atomic E-state index is 10.3. The molecule has 2 aromatic rings. The number of aromatic amines is 2. The van der Waals surface area contributed by atoms with E-state index in [2.05, 4.69) is 9.97 Å². The molecule has 21 heavy (non-hydrogen) atoms. The van der Waals surface area contributed by atoms with Gasteiger partial charge in [-0.15, -0.1) is 0 Å². The molecule has 0 spiro atoms. The van der Waals surface area contributed by atoms with Crippen molar-refractivity contribution in [2.45, 2.75) is 0 Å². The molecule has 0 saturated carbocycles. The van der Waals surface area contributed by atoms with Crippen LogP contribution >= 0.6 is 0 Å². The van der Waals surface area contributed by atoms with Crippen LogP contribution in [0.1, 0.15) is 0 Å². The van der Waals surface area contributed by atoms with E-state index in [1.807, 2.05) is 0 Å². The second-order valence-electron chi connectivity index (χ2n) is 3.25. The molecule has 2 aromatic heterocycles. The fourth-order valence-electron chi connectivity index (χ4n) is 0.872. The molecule has 0 radical (unpaired) electrons. The van der Waals surface area contributed by atoms with Crippen molar-refractivity contribution in [3.63, 3.8) is 0 Å². The highest BCUT2D eigenvalue weighted by molar-refractivity contribution is 7.79. The summed E-state index contributed by atoms with van der Waals surface area (Å²) in [6, 6.07) is 8.44. The van der Waals surface area contributed by atoms with Crippen molar-refractivity contribution >= 4 is 10.4 Å². The molecule has 2 rings (SSSR count). The Morgan fingerprint density at radius 1 is 0.762 bits per heavy atom. The molecule has 116 valence electrons. The standard InChI is InChI=1S/2C5H5NO2.H2O4S/c2*7-4-2-1-3-5(8)6-4;1-5(2,3)4/h2*1-3H,(H2,6,7,8);(H2,1,2,3,4). The molecule has 0 aliphatic rings.